The van der Waals surface area contributed by atoms with Crippen molar-refractivity contribution in [1.29, 1.82) is 0 Å². The number of nitrogens with zero attached hydrogens (tertiary/aromatic N) is 1. The van der Waals surface area contributed by atoms with Crippen LogP contribution in [0.25, 0.3) is 0 Å². The minimum Gasteiger partial charge on any atom is -0.756 e. The highest BCUT2D eigenvalue weighted by Crippen LogP contribution is 2.38. The van der Waals surface area contributed by atoms with Crippen molar-refractivity contribution >= 4 is 13.7 Å². The van der Waals surface area contributed by atoms with Crippen LogP contribution in [0.4, 0.5) is 0 Å². The average Bonchev–Trinajstić information content (AvgIpc) is 3.35. The predicted molar refractivity (Wildman–Crippen MR) is 315 cm³/mol. The molecule has 73 heavy (non-hydrogen) atoms. The van der Waals surface area contributed by atoms with Gasteiger partial charge >= 0.3 is 0 Å². The van der Waals surface area contributed by atoms with Crippen LogP contribution >= 0.6 is 7.82 Å². The van der Waals surface area contributed by atoms with Crippen LogP contribution in [0, 0.1) is 0 Å². The fourth-order valence-corrected chi connectivity index (χ4v) is 8.35. The molecule has 0 saturated carbocycles. The van der Waals surface area contributed by atoms with E-state index in [0.29, 0.717) is 23.9 Å². The van der Waals surface area contributed by atoms with Gasteiger partial charge in [0.15, 0.2) is 0 Å². The molecule has 3 atom stereocenters. The summed E-state index contributed by atoms with van der Waals surface area (Å²) >= 11 is 0. The van der Waals surface area contributed by atoms with E-state index in [-0.39, 0.29) is 19.1 Å². The van der Waals surface area contributed by atoms with Gasteiger partial charge in [0.25, 0.3) is 7.82 Å². The number of hydrogen-bond acceptors (Lipinski definition) is 6. The Bertz CT molecular complexity index is 1640. The van der Waals surface area contributed by atoms with Crippen LogP contribution in [0.2, 0.25) is 0 Å². The Morgan fingerprint density at radius 1 is 0.493 bits per heavy atom. The summed E-state index contributed by atoms with van der Waals surface area (Å²) in [7, 11) is 1.28. The van der Waals surface area contributed by atoms with Gasteiger partial charge in [-0.3, -0.25) is 9.36 Å². The third-order valence-electron chi connectivity index (χ3n) is 12.2. The molecule has 0 aliphatic rings. The Balaban J connectivity index is 4.07. The minimum atomic E-state index is -4.58. The molecule has 0 rings (SSSR count). The van der Waals surface area contributed by atoms with Crippen molar-refractivity contribution in [2.75, 3.05) is 40.9 Å². The van der Waals surface area contributed by atoms with Crippen LogP contribution in [0.3, 0.4) is 0 Å². The van der Waals surface area contributed by atoms with E-state index in [1.54, 1.807) is 0 Å². The molecule has 0 aliphatic carbocycles. The topological polar surface area (TPSA) is 108 Å². The van der Waals surface area contributed by atoms with Crippen molar-refractivity contribution in [1.82, 2.24) is 5.32 Å². The number of quaternary nitrogens is 1. The number of hydrogen-bond donors (Lipinski definition) is 2. The maximum absolute atomic E-state index is 12.9. The van der Waals surface area contributed by atoms with Gasteiger partial charge < -0.3 is 28.8 Å². The second kappa shape index (κ2) is 53.5. The van der Waals surface area contributed by atoms with E-state index in [1.807, 2.05) is 21.1 Å². The Kier molecular flexibility index (Phi) is 51.0. The molecule has 8 nitrogen and oxygen atoms in total. The second-order valence-corrected chi connectivity index (χ2v) is 21.7. The maximum atomic E-state index is 12.9. The summed E-state index contributed by atoms with van der Waals surface area (Å²) in [5.41, 5.74) is 0. The van der Waals surface area contributed by atoms with Crippen molar-refractivity contribution < 1.29 is 32.9 Å². The molecular formula is C64H109N2O6P. The van der Waals surface area contributed by atoms with Gasteiger partial charge in [0.05, 0.1) is 39.9 Å². The number of aliphatic hydroxyl groups excluding tert-OH is 1. The van der Waals surface area contributed by atoms with E-state index in [2.05, 4.69) is 153 Å². The van der Waals surface area contributed by atoms with Crippen LogP contribution in [-0.4, -0.2) is 68.5 Å². The number of phosphoric acid groups is 1. The predicted octanol–water partition coefficient (Wildman–Crippen LogP) is 17.3. The summed E-state index contributed by atoms with van der Waals surface area (Å²) in [6, 6.07) is -0.814. The summed E-state index contributed by atoms with van der Waals surface area (Å²) in [5, 5.41) is 13.9. The van der Waals surface area contributed by atoms with E-state index in [4.69, 9.17) is 9.05 Å². The van der Waals surface area contributed by atoms with Gasteiger partial charge in [0.2, 0.25) is 5.91 Å². The second-order valence-electron chi connectivity index (χ2n) is 20.3. The zero-order valence-corrected chi connectivity index (χ0v) is 48.2. The van der Waals surface area contributed by atoms with Crippen LogP contribution in [0.15, 0.2) is 134 Å². The normalized spacial score (nSPS) is 14.9. The van der Waals surface area contributed by atoms with Crippen molar-refractivity contribution in [3.63, 3.8) is 0 Å². The molecule has 3 unspecified atom stereocenters. The highest BCUT2D eigenvalue weighted by molar-refractivity contribution is 7.45. The van der Waals surface area contributed by atoms with Gasteiger partial charge in [-0.1, -0.05) is 244 Å². The van der Waals surface area contributed by atoms with Gasteiger partial charge in [0, 0.05) is 6.42 Å². The summed E-state index contributed by atoms with van der Waals surface area (Å²) in [6.45, 7) is 4.56. The SMILES string of the molecule is CC/C=C\C/C=C\C/C=C\C/C=C\C/C=C\C/C=C\C/C=C\C/C=C\C/C=C\C/C=C\C/C=C\CCCCCCCCCC(=O)NC(COP(=O)([O-])OCC[N+](C)(C)C)C(O)CCCCCCCCCCCC. The lowest BCUT2D eigenvalue weighted by atomic mass is 10.0. The standard InChI is InChI=1S/C64H109N2O6P/c1-6-8-10-12-14-16-18-19-20-21-22-23-24-25-26-27-28-29-30-31-32-33-34-35-36-37-38-39-40-41-42-43-44-45-46-47-48-50-52-54-56-58-64(68)65-62(61-72-73(69,70)71-60-59-66(3,4)5)63(67)57-55-53-51-49-17-15-13-11-9-7-2/h8,10,14,16,19-20,22-23,25-26,28-29,31-32,34-35,37-38,40-41,43-44,62-63,67H,6-7,9,11-13,15,17-18,21,24,27,30,33,36,39,42,45-61H2,1-5H3,(H-,65,68,69,70)/b10-8-,16-14-,20-19-,23-22-,26-25-,29-28-,32-31-,35-34-,38-37-,41-40-,44-43-. The van der Waals surface area contributed by atoms with E-state index in [9.17, 15) is 19.4 Å². The van der Waals surface area contributed by atoms with E-state index < -0.39 is 20.0 Å². The number of rotatable bonds is 51. The number of carbonyl (C=O) groups is 1. The van der Waals surface area contributed by atoms with Crippen molar-refractivity contribution in [2.45, 2.75) is 225 Å². The summed E-state index contributed by atoms with van der Waals surface area (Å²) in [4.78, 5) is 25.4. The first-order valence-corrected chi connectivity index (χ1v) is 30.5. The number of unbranched alkanes of at least 4 members (excludes halogenated alkanes) is 16. The first-order chi connectivity index (χ1) is 35.5. The van der Waals surface area contributed by atoms with Crippen LogP contribution in [0.5, 0.6) is 0 Å². The smallest absolute Gasteiger partial charge is 0.268 e. The largest absolute Gasteiger partial charge is 0.756 e. The number of amides is 1. The molecule has 0 aromatic carbocycles. The molecule has 0 aromatic rings. The molecule has 1 amide bonds. The van der Waals surface area contributed by atoms with E-state index in [0.717, 1.165) is 122 Å². The number of phosphoric ester groups is 1. The fourth-order valence-electron chi connectivity index (χ4n) is 7.63. The average molecular weight is 1030 g/mol. The van der Waals surface area contributed by atoms with Crippen molar-refractivity contribution in [3.05, 3.63) is 134 Å². The molecular weight excluding hydrogens is 924 g/mol. The lowest BCUT2D eigenvalue weighted by Gasteiger charge is -2.30. The van der Waals surface area contributed by atoms with E-state index >= 15 is 0 Å². The van der Waals surface area contributed by atoms with Gasteiger partial charge in [0.1, 0.15) is 13.2 Å². The zero-order chi connectivity index (χ0) is 53.5. The van der Waals surface area contributed by atoms with Gasteiger partial charge in [-0.05, 0) is 96.3 Å². The Morgan fingerprint density at radius 3 is 1.22 bits per heavy atom. The molecule has 416 valence electrons. The number of nitrogens with one attached hydrogen (secondary N) is 1. The van der Waals surface area contributed by atoms with Crippen molar-refractivity contribution in [2.24, 2.45) is 0 Å². The first kappa shape index (κ1) is 69.6. The Morgan fingerprint density at radius 2 is 0.836 bits per heavy atom. The lowest BCUT2D eigenvalue weighted by molar-refractivity contribution is -0.870. The van der Waals surface area contributed by atoms with Gasteiger partial charge in [-0.2, -0.15) is 0 Å². The Hall–Kier alpha value is -3.36. The van der Waals surface area contributed by atoms with Gasteiger partial charge in [-0.15, -0.1) is 0 Å². The monoisotopic (exact) mass is 1030 g/mol. The minimum absolute atomic E-state index is 0.00323. The molecule has 0 spiro atoms. The third kappa shape index (κ3) is 56.2. The van der Waals surface area contributed by atoms with Gasteiger partial charge in [-0.25, -0.2) is 0 Å². The lowest BCUT2D eigenvalue weighted by Crippen LogP contribution is -2.46. The number of carbonyl (C=O) groups excluding carboxylic acids is 1. The summed E-state index contributed by atoms with van der Waals surface area (Å²) in [5.74, 6) is -0.184. The van der Waals surface area contributed by atoms with Crippen LogP contribution in [0.1, 0.15) is 213 Å². The third-order valence-corrected chi connectivity index (χ3v) is 13.1. The Labute approximate surface area is 449 Å². The molecule has 0 radical (unpaired) electrons. The van der Waals surface area contributed by atoms with Crippen LogP contribution in [-0.2, 0) is 18.4 Å². The number of allylic oxidation sites excluding steroid dienone is 22. The molecule has 0 aromatic heterocycles. The summed E-state index contributed by atoms with van der Waals surface area (Å²) < 4.78 is 23.3. The molecule has 0 heterocycles. The summed E-state index contributed by atoms with van der Waals surface area (Å²) in [6.07, 6.45) is 80.7. The molecule has 0 bridgehead atoms. The van der Waals surface area contributed by atoms with Crippen molar-refractivity contribution in [3.8, 4) is 0 Å². The van der Waals surface area contributed by atoms with E-state index in [1.165, 1.54) is 64.2 Å². The number of likely N-dealkylation sites (N-methyl/N-ethyl adjacent to an activating group) is 1. The first-order valence-electron chi connectivity index (χ1n) is 29.0. The zero-order valence-electron chi connectivity index (χ0n) is 47.3. The quantitative estimate of drug-likeness (QED) is 0.0272. The molecule has 0 fully saturated rings. The molecule has 0 saturated heterocycles. The molecule has 2 N–H and O–H groups in total. The van der Waals surface area contributed by atoms with Crippen LogP contribution < -0.4 is 10.2 Å². The maximum Gasteiger partial charge on any atom is 0.268 e. The fraction of sp³-hybridized carbons (Fsp3) is 0.641. The highest BCUT2D eigenvalue weighted by Gasteiger charge is 2.24. The number of aliphatic hydroxyl groups is 1. The molecule has 9 heteroatoms. The molecule has 0 aliphatic heterocycles. The highest BCUT2D eigenvalue weighted by atomic mass is 31.2.